The molecule has 160 valence electrons. The fourth-order valence-corrected chi connectivity index (χ4v) is 5.18. The van der Waals surface area contributed by atoms with Crippen molar-refractivity contribution >= 4 is 19.9 Å². The lowest BCUT2D eigenvalue weighted by molar-refractivity contribution is 0.424. The molecule has 30 heavy (non-hydrogen) atoms. The van der Waals surface area contributed by atoms with Crippen LogP contribution in [0.5, 0.6) is 0 Å². The first-order chi connectivity index (χ1) is 14.2. The highest BCUT2D eigenvalue weighted by molar-refractivity contribution is 7.90. The molecule has 0 aliphatic rings. The molecule has 0 spiro atoms. The van der Waals surface area contributed by atoms with E-state index < -0.39 is 31.4 Å². The molecule has 12 heteroatoms. The van der Waals surface area contributed by atoms with Gasteiger partial charge in [-0.1, -0.05) is 19.0 Å². The molecule has 0 N–H and O–H groups in total. The van der Waals surface area contributed by atoms with E-state index in [1.54, 1.807) is 13.8 Å². The zero-order valence-corrected chi connectivity index (χ0v) is 17.8. The third-order valence-electron chi connectivity index (χ3n) is 4.25. The maximum Gasteiger partial charge on any atom is 0.257 e. The smallest absolute Gasteiger partial charge is 0.257 e. The van der Waals surface area contributed by atoms with Crippen LogP contribution >= 0.6 is 0 Å². The number of hydrogen-bond acceptors (Lipinski definition) is 8. The SMILES string of the molecule is CCN(CC)S(=O)(=O)c1ccc(S(=O)(=O)Cc2noc(-c3ccc(F)cc3)n2)nc1. The van der Waals surface area contributed by atoms with E-state index in [9.17, 15) is 21.2 Å². The second kappa shape index (κ2) is 8.58. The van der Waals surface area contributed by atoms with Gasteiger partial charge < -0.3 is 4.52 Å². The standard InChI is InChI=1S/C18H19FN4O5S2/c1-3-23(4-2)30(26,27)15-9-10-17(20-11-15)29(24,25)12-16-21-18(28-22-16)13-5-7-14(19)8-6-13/h5-11H,3-4,12H2,1-2H3. The minimum Gasteiger partial charge on any atom is -0.334 e. The van der Waals surface area contributed by atoms with Crippen molar-refractivity contribution in [3.63, 3.8) is 0 Å². The van der Waals surface area contributed by atoms with Gasteiger partial charge in [-0.2, -0.15) is 9.29 Å². The van der Waals surface area contributed by atoms with Crippen molar-refractivity contribution in [2.24, 2.45) is 0 Å². The molecule has 0 amide bonds. The van der Waals surface area contributed by atoms with E-state index in [2.05, 4.69) is 15.1 Å². The van der Waals surface area contributed by atoms with Crippen molar-refractivity contribution < 1.29 is 25.7 Å². The number of halogens is 1. The molecule has 0 aliphatic carbocycles. The topological polar surface area (TPSA) is 123 Å². The summed E-state index contributed by atoms with van der Waals surface area (Å²) in [6, 6.07) is 7.62. The summed E-state index contributed by atoms with van der Waals surface area (Å²) >= 11 is 0. The van der Waals surface area contributed by atoms with Gasteiger partial charge in [0.05, 0.1) is 0 Å². The summed E-state index contributed by atoms with van der Waals surface area (Å²) in [6.45, 7) is 3.98. The summed E-state index contributed by atoms with van der Waals surface area (Å²) in [5.74, 6) is -1.07. The Kier molecular flexibility index (Phi) is 6.29. The van der Waals surface area contributed by atoms with Crippen LogP contribution in [-0.2, 0) is 25.6 Å². The minimum absolute atomic E-state index is 0.0498. The number of hydrogen-bond donors (Lipinski definition) is 0. The summed E-state index contributed by atoms with van der Waals surface area (Å²) in [6.07, 6.45) is 1.01. The first kappa shape index (κ1) is 22.0. The molecule has 0 radical (unpaired) electrons. The van der Waals surface area contributed by atoms with Crippen molar-refractivity contribution in [1.82, 2.24) is 19.4 Å². The third kappa shape index (κ3) is 4.55. The Balaban J connectivity index is 1.80. The van der Waals surface area contributed by atoms with E-state index in [-0.39, 0.29) is 34.7 Å². The molecule has 0 atom stereocenters. The maximum atomic E-state index is 13.0. The summed E-state index contributed by atoms with van der Waals surface area (Å²) in [4.78, 5) is 7.74. The summed E-state index contributed by atoms with van der Waals surface area (Å²) < 4.78 is 69.5. The molecular formula is C18H19FN4O5S2. The lowest BCUT2D eigenvalue weighted by Gasteiger charge is -2.18. The van der Waals surface area contributed by atoms with Crippen LogP contribution in [0.2, 0.25) is 0 Å². The van der Waals surface area contributed by atoms with Crippen molar-refractivity contribution in [3.05, 3.63) is 54.2 Å². The predicted octanol–water partition coefficient (Wildman–Crippen LogP) is 2.28. The highest BCUT2D eigenvalue weighted by Crippen LogP contribution is 2.21. The van der Waals surface area contributed by atoms with E-state index in [4.69, 9.17) is 4.52 Å². The van der Waals surface area contributed by atoms with Gasteiger partial charge in [-0.25, -0.2) is 26.2 Å². The van der Waals surface area contributed by atoms with Gasteiger partial charge in [0, 0.05) is 24.8 Å². The monoisotopic (exact) mass is 454 g/mol. The second-order valence-corrected chi connectivity index (χ2v) is 10.1. The summed E-state index contributed by atoms with van der Waals surface area (Å²) in [7, 11) is -7.69. The molecule has 0 fully saturated rings. The van der Waals surface area contributed by atoms with Crippen LogP contribution < -0.4 is 0 Å². The van der Waals surface area contributed by atoms with Crippen LogP contribution in [0.25, 0.3) is 11.5 Å². The van der Waals surface area contributed by atoms with Gasteiger partial charge in [0.25, 0.3) is 5.89 Å². The first-order valence-electron chi connectivity index (χ1n) is 8.95. The zero-order chi connectivity index (χ0) is 21.9. The molecule has 2 aromatic heterocycles. The maximum absolute atomic E-state index is 13.0. The summed E-state index contributed by atoms with van der Waals surface area (Å²) in [5.41, 5.74) is 0.441. The van der Waals surface area contributed by atoms with Gasteiger partial charge in [-0.3, -0.25) is 0 Å². The van der Waals surface area contributed by atoms with E-state index in [1.807, 2.05) is 0 Å². The van der Waals surface area contributed by atoms with E-state index in [0.29, 0.717) is 5.56 Å². The van der Waals surface area contributed by atoms with Crippen LogP contribution in [0.4, 0.5) is 4.39 Å². The fraction of sp³-hybridized carbons (Fsp3) is 0.278. The Morgan fingerprint density at radius 2 is 1.67 bits per heavy atom. The van der Waals surface area contributed by atoms with Crippen LogP contribution in [0.3, 0.4) is 0 Å². The number of rotatable bonds is 8. The molecule has 0 saturated carbocycles. The molecule has 3 aromatic rings. The molecule has 0 bridgehead atoms. The van der Waals surface area contributed by atoms with Crippen LogP contribution in [0, 0.1) is 5.82 Å². The molecule has 2 heterocycles. The van der Waals surface area contributed by atoms with E-state index in [0.717, 1.165) is 12.3 Å². The van der Waals surface area contributed by atoms with E-state index >= 15 is 0 Å². The minimum atomic E-state index is -3.95. The number of benzene rings is 1. The van der Waals surface area contributed by atoms with Crippen LogP contribution in [0.15, 0.2) is 57.0 Å². The molecule has 0 unspecified atom stereocenters. The Labute approximate surface area is 173 Å². The van der Waals surface area contributed by atoms with Gasteiger partial charge in [0.2, 0.25) is 19.9 Å². The van der Waals surface area contributed by atoms with Crippen molar-refractivity contribution in [2.45, 2.75) is 29.5 Å². The number of sulfonamides is 1. The molecule has 3 rings (SSSR count). The summed E-state index contributed by atoms with van der Waals surface area (Å²) in [5, 5.41) is 3.33. The third-order valence-corrected chi connectivity index (χ3v) is 7.80. The van der Waals surface area contributed by atoms with Crippen molar-refractivity contribution in [1.29, 1.82) is 0 Å². The lowest BCUT2D eigenvalue weighted by atomic mass is 10.2. The predicted molar refractivity (Wildman–Crippen MR) is 105 cm³/mol. The fourth-order valence-electron chi connectivity index (χ4n) is 2.68. The quantitative estimate of drug-likeness (QED) is 0.508. The number of pyridine rings is 1. The average molecular weight is 455 g/mol. The lowest BCUT2D eigenvalue weighted by Crippen LogP contribution is -2.30. The molecule has 0 saturated heterocycles. The van der Waals surface area contributed by atoms with Crippen LogP contribution in [0.1, 0.15) is 19.7 Å². The molecule has 0 aliphatic heterocycles. The molecular weight excluding hydrogens is 435 g/mol. The molecule has 9 nitrogen and oxygen atoms in total. The van der Waals surface area contributed by atoms with Crippen LogP contribution in [-0.4, -0.2) is 49.4 Å². The normalized spacial score (nSPS) is 12.4. The average Bonchev–Trinajstić information content (AvgIpc) is 3.17. The number of aromatic nitrogens is 3. The van der Waals surface area contributed by atoms with Gasteiger partial charge >= 0.3 is 0 Å². The largest absolute Gasteiger partial charge is 0.334 e. The number of sulfone groups is 1. The highest BCUT2D eigenvalue weighted by Gasteiger charge is 2.25. The molecule has 1 aromatic carbocycles. The second-order valence-electron chi connectivity index (χ2n) is 6.20. The Bertz CT molecular complexity index is 1220. The van der Waals surface area contributed by atoms with E-state index in [1.165, 1.54) is 34.6 Å². The van der Waals surface area contributed by atoms with Gasteiger partial charge in [0.1, 0.15) is 16.5 Å². The Morgan fingerprint density at radius 1 is 1.00 bits per heavy atom. The Hall–Kier alpha value is -2.70. The van der Waals surface area contributed by atoms with Gasteiger partial charge in [-0.15, -0.1) is 0 Å². The van der Waals surface area contributed by atoms with Crippen molar-refractivity contribution in [3.8, 4) is 11.5 Å². The van der Waals surface area contributed by atoms with Gasteiger partial charge in [-0.05, 0) is 36.4 Å². The Morgan fingerprint density at radius 3 is 2.23 bits per heavy atom. The first-order valence-corrected chi connectivity index (χ1v) is 12.0. The zero-order valence-electron chi connectivity index (χ0n) is 16.2. The van der Waals surface area contributed by atoms with Gasteiger partial charge in [0.15, 0.2) is 10.9 Å². The highest BCUT2D eigenvalue weighted by atomic mass is 32.2. The van der Waals surface area contributed by atoms with Crippen molar-refractivity contribution in [2.75, 3.05) is 13.1 Å². The number of nitrogens with zero attached hydrogens (tertiary/aromatic N) is 4.